The number of anilines is 1. The van der Waals surface area contributed by atoms with Gasteiger partial charge in [0.25, 0.3) is 0 Å². The highest BCUT2D eigenvalue weighted by Crippen LogP contribution is 2.15. The number of nitrogens with zero attached hydrogens (tertiary/aromatic N) is 3. The van der Waals surface area contributed by atoms with Gasteiger partial charge in [0, 0.05) is 6.07 Å². The van der Waals surface area contributed by atoms with E-state index in [9.17, 15) is 4.79 Å². The Labute approximate surface area is 99.3 Å². The van der Waals surface area contributed by atoms with Crippen molar-refractivity contribution in [2.24, 2.45) is 0 Å². The Bertz CT molecular complexity index is 428. The van der Waals surface area contributed by atoms with Crippen molar-refractivity contribution >= 4 is 11.8 Å². The van der Waals surface area contributed by atoms with E-state index in [1.807, 2.05) is 6.92 Å². The van der Waals surface area contributed by atoms with Crippen LogP contribution in [0.15, 0.2) is 12.4 Å². The van der Waals surface area contributed by atoms with Crippen molar-refractivity contribution in [2.75, 3.05) is 24.6 Å². The zero-order valence-corrected chi connectivity index (χ0v) is 9.46. The number of ether oxygens (including phenoxy) is 1. The summed E-state index contributed by atoms with van der Waals surface area (Å²) in [5.74, 6) is 2.24. The summed E-state index contributed by atoms with van der Waals surface area (Å²) in [4.78, 5) is 20.0. The molecule has 0 saturated carbocycles. The predicted octanol–water partition coefficient (Wildman–Crippen LogP) is 0.399. The fraction of sp³-hybridized carbons (Fsp3) is 0.364. The molecule has 0 unspecified atom stereocenters. The van der Waals surface area contributed by atoms with Crippen LogP contribution in [0, 0.1) is 12.3 Å². The summed E-state index contributed by atoms with van der Waals surface area (Å²) < 4.78 is 5.20. The molecule has 0 spiro atoms. The molecule has 6 nitrogen and oxygen atoms in total. The van der Waals surface area contributed by atoms with E-state index >= 15 is 0 Å². The first-order valence-corrected chi connectivity index (χ1v) is 5.02. The maximum Gasteiger partial charge on any atom is 0.323 e. The summed E-state index contributed by atoms with van der Waals surface area (Å²) in [6.07, 6.45) is 6.49. The molecule has 1 aromatic heterocycles. The Morgan fingerprint density at radius 1 is 1.65 bits per heavy atom. The van der Waals surface area contributed by atoms with E-state index in [4.69, 9.17) is 16.3 Å². The highest BCUT2D eigenvalue weighted by molar-refractivity contribution is 5.73. The summed E-state index contributed by atoms with van der Waals surface area (Å²) in [6, 6.07) is 1.56. The molecule has 0 amide bonds. The number of carboxylic acid groups (broad SMARTS) is 1. The van der Waals surface area contributed by atoms with Gasteiger partial charge in [0.05, 0.1) is 13.2 Å². The molecular weight excluding hydrogens is 222 g/mol. The van der Waals surface area contributed by atoms with Gasteiger partial charge in [-0.15, -0.1) is 6.42 Å². The number of hydrogen-bond donors (Lipinski definition) is 1. The van der Waals surface area contributed by atoms with Gasteiger partial charge in [-0.1, -0.05) is 5.92 Å². The van der Waals surface area contributed by atoms with Gasteiger partial charge < -0.3 is 14.7 Å². The fourth-order valence-corrected chi connectivity index (χ4v) is 1.22. The monoisotopic (exact) mass is 235 g/mol. The average molecular weight is 235 g/mol. The van der Waals surface area contributed by atoms with Crippen LogP contribution in [0.25, 0.3) is 0 Å². The minimum atomic E-state index is -0.975. The lowest BCUT2D eigenvalue weighted by Crippen LogP contribution is -2.30. The Morgan fingerprint density at radius 3 is 3.00 bits per heavy atom. The molecule has 0 saturated heterocycles. The van der Waals surface area contributed by atoms with Gasteiger partial charge >= 0.3 is 5.97 Å². The van der Waals surface area contributed by atoms with Crippen molar-refractivity contribution in [3.63, 3.8) is 0 Å². The van der Waals surface area contributed by atoms with E-state index in [-0.39, 0.29) is 13.1 Å². The van der Waals surface area contributed by atoms with E-state index in [0.29, 0.717) is 18.3 Å². The van der Waals surface area contributed by atoms with Gasteiger partial charge in [-0.2, -0.15) is 0 Å². The molecule has 0 aromatic carbocycles. The number of carboxylic acids is 1. The average Bonchev–Trinajstić information content (AvgIpc) is 2.29. The van der Waals surface area contributed by atoms with Crippen molar-refractivity contribution in [3.05, 3.63) is 12.4 Å². The smallest absolute Gasteiger partial charge is 0.323 e. The van der Waals surface area contributed by atoms with Crippen LogP contribution in [0.1, 0.15) is 6.92 Å². The number of aliphatic carboxylic acids is 1. The van der Waals surface area contributed by atoms with Crippen molar-refractivity contribution in [1.82, 2.24) is 9.97 Å². The largest absolute Gasteiger partial charge is 0.480 e. The summed E-state index contributed by atoms with van der Waals surface area (Å²) in [7, 11) is 0. The van der Waals surface area contributed by atoms with Crippen molar-refractivity contribution in [2.45, 2.75) is 6.92 Å². The Morgan fingerprint density at radius 2 is 2.41 bits per heavy atom. The first-order valence-electron chi connectivity index (χ1n) is 5.02. The molecule has 1 N–H and O–H groups in total. The molecule has 90 valence electrons. The Kier molecular flexibility index (Phi) is 4.76. The van der Waals surface area contributed by atoms with Crippen LogP contribution >= 0.6 is 0 Å². The third kappa shape index (κ3) is 3.99. The second-order valence-corrected chi connectivity index (χ2v) is 3.10. The van der Waals surface area contributed by atoms with E-state index < -0.39 is 5.97 Å². The summed E-state index contributed by atoms with van der Waals surface area (Å²) in [5.41, 5.74) is 0. The second kappa shape index (κ2) is 6.33. The molecule has 0 aliphatic rings. The lowest BCUT2D eigenvalue weighted by atomic mass is 10.4. The van der Waals surface area contributed by atoms with Crippen LogP contribution in [0.3, 0.4) is 0 Å². The van der Waals surface area contributed by atoms with Gasteiger partial charge in [0.2, 0.25) is 5.88 Å². The van der Waals surface area contributed by atoms with Gasteiger partial charge in [0.1, 0.15) is 18.7 Å². The molecule has 0 aliphatic carbocycles. The molecule has 0 atom stereocenters. The van der Waals surface area contributed by atoms with E-state index in [0.717, 1.165) is 0 Å². The number of hydrogen-bond acceptors (Lipinski definition) is 5. The maximum absolute atomic E-state index is 10.7. The Hall–Kier alpha value is -2.29. The summed E-state index contributed by atoms with van der Waals surface area (Å²) >= 11 is 0. The molecule has 0 bridgehead atoms. The zero-order valence-electron chi connectivity index (χ0n) is 9.46. The number of carbonyl (C=O) groups is 1. The van der Waals surface area contributed by atoms with Crippen molar-refractivity contribution in [3.8, 4) is 18.2 Å². The lowest BCUT2D eigenvalue weighted by molar-refractivity contribution is -0.135. The molecular formula is C11H13N3O3. The lowest BCUT2D eigenvalue weighted by Gasteiger charge is -2.18. The molecule has 6 heteroatoms. The van der Waals surface area contributed by atoms with Crippen LogP contribution in [-0.2, 0) is 4.79 Å². The van der Waals surface area contributed by atoms with E-state index in [2.05, 4.69) is 15.9 Å². The van der Waals surface area contributed by atoms with E-state index in [1.165, 1.54) is 11.2 Å². The Balaban J connectivity index is 2.89. The standard InChI is InChI=1S/C11H13N3O3/c1-3-5-14(7-11(15)16)9-6-10(17-4-2)13-8-12-9/h1,6,8H,4-5,7H2,2H3,(H,15,16). The molecule has 0 fully saturated rings. The summed E-state index contributed by atoms with van der Waals surface area (Å²) in [5, 5.41) is 8.76. The normalized spacial score (nSPS) is 9.41. The highest BCUT2D eigenvalue weighted by atomic mass is 16.5. The quantitative estimate of drug-likeness (QED) is 0.719. The summed E-state index contributed by atoms with van der Waals surface area (Å²) in [6.45, 7) is 2.25. The van der Waals surface area contributed by atoms with Crippen LogP contribution < -0.4 is 9.64 Å². The van der Waals surface area contributed by atoms with Crippen LogP contribution in [0.2, 0.25) is 0 Å². The number of aromatic nitrogens is 2. The van der Waals surface area contributed by atoms with Gasteiger partial charge in [-0.25, -0.2) is 9.97 Å². The molecule has 17 heavy (non-hydrogen) atoms. The van der Waals surface area contributed by atoms with Crippen LogP contribution in [0.5, 0.6) is 5.88 Å². The van der Waals surface area contributed by atoms with Gasteiger partial charge in [-0.05, 0) is 6.92 Å². The van der Waals surface area contributed by atoms with Crippen molar-refractivity contribution < 1.29 is 14.6 Å². The molecule has 1 heterocycles. The number of terminal acetylenes is 1. The maximum atomic E-state index is 10.7. The number of rotatable bonds is 6. The molecule has 0 radical (unpaired) electrons. The van der Waals surface area contributed by atoms with Gasteiger partial charge in [-0.3, -0.25) is 4.79 Å². The van der Waals surface area contributed by atoms with Crippen LogP contribution in [0.4, 0.5) is 5.82 Å². The fourth-order valence-electron chi connectivity index (χ4n) is 1.22. The van der Waals surface area contributed by atoms with Crippen LogP contribution in [-0.4, -0.2) is 40.7 Å². The third-order valence-electron chi connectivity index (χ3n) is 1.85. The molecule has 1 rings (SSSR count). The second-order valence-electron chi connectivity index (χ2n) is 3.10. The SMILES string of the molecule is C#CCN(CC(=O)O)c1cc(OCC)ncn1. The first kappa shape index (κ1) is 12.8. The molecule has 0 aliphatic heterocycles. The third-order valence-corrected chi connectivity index (χ3v) is 1.85. The zero-order chi connectivity index (χ0) is 12.7. The highest BCUT2D eigenvalue weighted by Gasteiger charge is 2.12. The predicted molar refractivity (Wildman–Crippen MR) is 61.9 cm³/mol. The van der Waals surface area contributed by atoms with Crippen molar-refractivity contribution in [1.29, 1.82) is 0 Å². The first-order chi connectivity index (χ1) is 8.17. The van der Waals surface area contributed by atoms with Gasteiger partial charge in [0.15, 0.2) is 0 Å². The minimum Gasteiger partial charge on any atom is -0.480 e. The molecule has 1 aromatic rings. The topological polar surface area (TPSA) is 75.6 Å². The minimum absolute atomic E-state index is 0.162. The van der Waals surface area contributed by atoms with E-state index in [1.54, 1.807) is 6.07 Å².